The third kappa shape index (κ3) is 10.7. The molecule has 73 heavy (non-hydrogen) atoms. The van der Waals surface area contributed by atoms with Crippen molar-refractivity contribution in [3.05, 3.63) is 237 Å². The highest BCUT2D eigenvalue weighted by Crippen LogP contribution is 2.41. The zero-order valence-corrected chi connectivity index (χ0v) is 44.1. The zero-order chi connectivity index (χ0) is 52.7. The van der Waals surface area contributed by atoms with Crippen molar-refractivity contribution in [2.45, 2.75) is 111 Å². The summed E-state index contributed by atoms with van der Waals surface area (Å²) >= 11 is 0. The van der Waals surface area contributed by atoms with Gasteiger partial charge in [-0.2, -0.15) is 0 Å². The van der Waals surface area contributed by atoms with Crippen LogP contribution in [0.15, 0.2) is 170 Å². The van der Waals surface area contributed by atoms with E-state index in [2.05, 4.69) is 55.4 Å². The van der Waals surface area contributed by atoms with Crippen molar-refractivity contribution in [1.29, 1.82) is 0 Å². The second kappa shape index (κ2) is 19.6. The third-order valence-corrected chi connectivity index (χ3v) is 14.9. The summed E-state index contributed by atoms with van der Waals surface area (Å²) in [5.41, 5.74) is 9.77. The second-order valence-electron chi connectivity index (χ2n) is 21.5. The lowest BCUT2D eigenvalue weighted by molar-refractivity contribution is -0.367. The molecule has 0 saturated heterocycles. The number of aromatic hydroxyl groups is 4. The van der Waals surface area contributed by atoms with Crippen LogP contribution < -0.4 is 18.9 Å². The molecule has 8 aromatic carbocycles. The molecule has 8 nitrogen and oxygen atoms in total. The summed E-state index contributed by atoms with van der Waals surface area (Å²) in [5.74, 6) is 2.63. The molecule has 0 bridgehead atoms. The van der Waals surface area contributed by atoms with Gasteiger partial charge < -0.3 is 39.4 Å². The number of phenols is 4. The van der Waals surface area contributed by atoms with Gasteiger partial charge in [-0.15, -0.1) is 0 Å². The fraction of sp³-hybridized carbons (Fsp3) is 0.262. The van der Waals surface area contributed by atoms with E-state index in [-0.39, 0.29) is 23.0 Å². The highest BCUT2D eigenvalue weighted by atomic mass is 17.0. The summed E-state index contributed by atoms with van der Waals surface area (Å²) < 4.78 is 27.7. The highest BCUT2D eigenvalue weighted by Gasteiger charge is 2.44. The molecule has 0 aromatic heterocycles. The minimum atomic E-state index is -2.26. The van der Waals surface area contributed by atoms with Crippen LogP contribution in [0.1, 0.15) is 122 Å². The number of phenolic OH excluding ortho intramolecular Hbond substituents is 4. The SMILES string of the molecule is Cc1cc(C(C)(C)c2ccc(OC(Oc3ccc(C(C)(C)c4ccc(O)c(C)c4)cc3)(Oc3ccc(C(C)(C)c4ccc(O)c(C)c4)cc3)Oc3ccc(C(C)(C)c4ccc(O)c(C)c4)cc3)cc2)ccc1O. The van der Waals surface area contributed by atoms with Crippen molar-refractivity contribution >= 4 is 0 Å². The lowest BCUT2D eigenvalue weighted by Crippen LogP contribution is -2.53. The van der Waals surface area contributed by atoms with Gasteiger partial charge in [0.25, 0.3) is 0 Å². The van der Waals surface area contributed by atoms with E-state index < -0.39 is 27.8 Å². The molecule has 0 aliphatic rings. The van der Waals surface area contributed by atoms with Crippen LogP contribution in [-0.4, -0.2) is 26.6 Å². The summed E-state index contributed by atoms with van der Waals surface area (Å²) in [4.78, 5) is 0. The largest absolute Gasteiger partial charge is 0.611 e. The van der Waals surface area contributed by atoms with Crippen LogP contribution in [0.2, 0.25) is 0 Å². The van der Waals surface area contributed by atoms with Crippen LogP contribution >= 0.6 is 0 Å². The summed E-state index contributed by atoms with van der Waals surface area (Å²) in [6.07, 6.45) is -2.26. The minimum absolute atomic E-state index is 0.252. The van der Waals surface area contributed by atoms with Gasteiger partial charge in [-0.25, -0.2) is 0 Å². The van der Waals surface area contributed by atoms with E-state index in [1.807, 2.05) is 173 Å². The van der Waals surface area contributed by atoms with Crippen molar-refractivity contribution in [3.63, 3.8) is 0 Å². The minimum Gasteiger partial charge on any atom is -0.508 e. The van der Waals surface area contributed by atoms with Crippen molar-refractivity contribution in [3.8, 4) is 46.0 Å². The van der Waals surface area contributed by atoms with E-state index >= 15 is 0 Å². The molecule has 4 N–H and O–H groups in total. The van der Waals surface area contributed by atoms with Gasteiger partial charge in [0, 0.05) is 21.7 Å². The molecule has 0 aliphatic heterocycles. The predicted molar refractivity (Wildman–Crippen MR) is 291 cm³/mol. The van der Waals surface area contributed by atoms with Gasteiger partial charge in [-0.05, 0) is 167 Å². The number of hydrogen-bond donors (Lipinski definition) is 4. The second-order valence-corrected chi connectivity index (χ2v) is 21.5. The van der Waals surface area contributed by atoms with Crippen LogP contribution in [0.4, 0.5) is 0 Å². The van der Waals surface area contributed by atoms with E-state index in [9.17, 15) is 20.4 Å². The molecule has 8 aromatic rings. The molecule has 0 radical (unpaired) electrons. The number of rotatable bonds is 16. The van der Waals surface area contributed by atoms with Gasteiger partial charge in [0.2, 0.25) is 0 Å². The highest BCUT2D eigenvalue weighted by molar-refractivity contribution is 5.49. The van der Waals surface area contributed by atoms with Crippen LogP contribution in [0.3, 0.4) is 0 Å². The maximum Gasteiger partial charge on any atom is 0.611 e. The predicted octanol–water partition coefficient (Wildman–Crippen LogP) is 15.3. The number of benzene rings is 8. The monoisotopic (exact) mass is 976 g/mol. The third-order valence-electron chi connectivity index (χ3n) is 14.9. The Labute approximate surface area is 431 Å². The van der Waals surface area contributed by atoms with E-state index in [0.29, 0.717) is 23.0 Å². The molecule has 0 aliphatic carbocycles. The van der Waals surface area contributed by atoms with Crippen LogP contribution in [0, 0.1) is 27.7 Å². The molecule has 8 rings (SSSR count). The van der Waals surface area contributed by atoms with E-state index in [1.54, 1.807) is 24.3 Å². The van der Waals surface area contributed by atoms with E-state index in [0.717, 1.165) is 66.8 Å². The Morgan fingerprint density at radius 1 is 0.247 bits per heavy atom. The Morgan fingerprint density at radius 2 is 0.411 bits per heavy atom. The standard InChI is InChI=1S/C65H68O8/c1-41-37-49(21-33-57(41)66)61(5,6)45-13-25-53(26-14-45)70-65(71-54-27-15-46(16-28-54)62(7,8)50-22-34-58(67)42(2)38-50,72-55-29-17-47(18-30-55)63(9,10)51-23-35-59(68)43(3)39-51)73-56-31-19-48(20-32-56)64(11,12)52-24-36-60(69)44(4)40-52/h13-40,66-69H,1-12H3. The van der Waals surface area contributed by atoms with Gasteiger partial charge in [0.1, 0.15) is 46.0 Å². The molecular weight excluding hydrogens is 909 g/mol. The molecule has 0 unspecified atom stereocenters. The molecule has 8 heteroatoms. The van der Waals surface area contributed by atoms with Gasteiger partial charge in [0.15, 0.2) is 0 Å². The average molecular weight is 977 g/mol. The van der Waals surface area contributed by atoms with Crippen molar-refractivity contribution in [2.24, 2.45) is 0 Å². The first-order valence-corrected chi connectivity index (χ1v) is 24.8. The van der Waals surface area contributed by atoms with Gasteiger partial charge in [0.05, 0.1) is 0 Å². The van der Waals surface area contributed by atoms with Crippen LogP contribution in [0.25, 0.3) is 0 Å². The van der Waals surface area contributed by atoms with Crippen molar-refractivity contribution in [2.75, 3.05) is 0 Å². The van der Waals surface area contributed by atoms with E-state index in [1.165, 1.54) is 0 Å². The molecule has 0 fully saturated rings. The summed E-state index contributed by atoms with van der Waals surface area (Å²) in [6.45, 7) is 24.7. The van der Waals surface area contributed by atoms with Gasteiger partial charge in [-0.3, -0.25) is 0 Å². The fourth-order valence-electron chi connectivity index (χ4n) is 9.30. The number of hydrogen-bond acceptors (Lipinski definition) is 8. The first kappa shape index (κ1) is 51.5. The van der Waals surface area contributed by atoms with E-state index in [4.69, 9.17) is 18.9 Å². The molecule has 0 spiro atoms. The Morgan fingerprint density at radius 3 is 0.575 bits per heavy atom. The summed E-state index contributed by atoms with van der Waals surface area (Å²) in [5, 5.41) is 41.2. The molecule has 0 amide bonds. The van der Waals surface area contributed by atoms with Crippen LogP contribution in [0.5, 0.6) is 46.0 Å². The lowest BCUT2D eigenvalue weighted by atomic mass is 9.77. The van der Waals surface area contributed by atoms with Gasteiger partial charge in [-0.1, -0.05) is 152 Å². The van der Waals surface area contributed by atoms with Crippen LogP contribution in [-0.2, 0) is 21.7 Å². The summed E-state index contributed by atoms with van der Waals surface area (Å²) in [7, 11) is 0. The fourth-order valence-corrected chi connectivity index (χ4v) is 9.30. The molecule has 376 valence electrons. The Balaban J connectivity index is 1.21. The maximum atomic E-state index is 10.3. The Bertz CT molecular complexity index is 2800. The normalized spacial score (nSPS) is 12.3. The first-order chi connectivity index (χ1) is 34.4. The van der Waals surface area contributed by atoms with Crippen molar-refractivity contribution < 1.29 is 39.4 Å². The number of ether oxygens (including phenoxy) is 4. The molecule has 0 atom stereocenters. The maximum absolute atomic E-state index is 10.3. The Hall–Kier alpha value is -7.84. The first-order valence-electron chi connectivity index (χ1n) is 24.8. The Kier molecular flexibility index (Phi) is 13.9. The van der Waals surface area contributed by atoms with Crippen molar-refractivity contribution in [1.82, 2.24) is 0 Å². The topological polar surface area (TPSA) is 118 Å². The quantitative estimate of drug-likeness (QED) is 0.0707. The number of aryl methyl sites for hydroxylation is 4. The lowest BCUT2D eigenvalue weighted by Gasteiger charge is -2.34. The smallest absolute Gasteiger partial charge is 0.508 e. The molecule has 0 saturated carbocycles. The molecule has 0 heterocycles. The zero-order valence-electron chi connectivity index (χ0n) is 44.1. The average Bonchev–Trinajstić information content (AvgIpc) is 3.35. The van der Waals surface area contributed by atoms with Gasteiger partial charge >= 0.3 is 6.16 Å². The summed E-state index contributed by atoms with van der Waals surface area (Å²) in [6, 6.07) is 53.8. The molecular formula is C65H68O8.